The smallest absolute Gasteiger partial charge is 0.237 e. The second kappa shape index (κ2) is 7.60. The van der Waals surface area contributed by atoms with Crippen molar-refractivity contribution in [3.8, 4) is 0 Å². The van der Waals surface area contributed by atoms with E-state index in [9.17, 15) is 13.4 Å². The van der Waals surface area contributed by atoms with Crippen molar-refractivity contribution < 1.29 is 13.4 Å². The molecule has 1 amide bonds. The first-order valence-electron chi connectivity index (χ1n) is 6.78. The molecule has 0 bridgehead atoms. The predicted octanol–water partition coefficient (Wildman–Crippen LogP) is 3.29. The van der Waals surface area contributed by atoms with Gasteiger partial charge in [0.15, 0.2) is 0 Å². The largest absolute Gasteiger partial charge is 0.325 e. The molecule has 118 valence electrons. The first kappa shape index (κ1) is 16.8. The van der Waals surface area contributed by atoms with E-state index < -0.39 is 22.5 Å². The lowest BCUT2D eigenvalue weighted by molar-refractivity contribution is -0.113. The second-order valence-corrected chi connectivity index (χ2v) is 7.47. The highest BCUT2D eigenvalue weighted by Crippen LogP contribution is 2.20. The Hall–Kier alpha value is -1.60. The molecule has 4 nitrogen and oxygen atoms in total. The van der Waals surface area contributed by atoms with E-state index in [1.807, 2.05) is 19.2 Å². The zero-order valence-electron chi connectivity index (χ0n) is 12.3. The summed E-state index contributed by atoms with van der Waals surface area (Å²) >= 11 is 1.53. The Morgan fingerprint density at radius 3 is 2.86 bits per heavy atom. The molecular formula is C15H17FN2O2S2. The average Bonchev–Trinajstić information content (AvgIpc) is 2.86. The number of hydrogen-bond donors (Lipinski definition) is 1. The summed E-state index contributed by atoms with van der Waals surface area (Å²) < 4.78 is 25.0. The minimum Gasteiger partial charge on any atom is -0.325 e. The van der Waals surface area contributed by atoms with Crippen LogP contribution in [-0.4, -0.2) is 20.9 Å². The molecule has 0 aliphatic rings. The minimum atomic E-state index is -1.34. The van der Waals surface area contributed by atoms with Crippen molar-refractivity contribution >= 4 is 33.7 Å². The molecular weight excluding hydrogens is 323 g/mol. The third-order valence-electron chi connectivity index (χ3n) is 2.77. The highest BCUT2D eigenvalue weighted by atomic mass is 32.2. The van der Waals surface area contributed by atoms with Gasteiger partial charge in [0.2, 0.25) is 5.91 Å². The standard InChI is InChI=1S/C15H17FN2O2S2/c1-10(2)15-18-13(7-21-15)8-22(20)9-14(19)17-12-5-3-4-11(16)6-12/h3-7,10H,8-9H2,1-2H3,(H,17,19)/t22-/m1/s1. The summed E-state index contributed by atoms with van der Waals surface area (Å²) in [5, 5.41) is 5.40. The van der Waals surface area contributed by atoms with E-state index >= 15 is 0 Å². The lowest BCUT2D eigenvalue weighted by Crippen LogP contribution is -2.20. The van der Waals surface area contributed by atoms with Crippen molar-refractivity contribution in [1.29, 1.82) is 0 Å². The van der Waals surface area contributed by atoms with E-state index in [0.717, 1.165) is 10.7 Å². The molecule has 1 N–H and O–H groups in total. The summed E-state index contributed by atoms with van der Waals surface area (Å²) in [6, 6.07) is 5.60. The van der Waals surface area contributed by atoms with Crippen molar-refractivity contribution in [1.82, 2.24) is 4.98 Å². The Kier molecular flexibility index (Phi) is 5.79. The van der Waals surface area contributed by atoms with Crippen LogP contribution in [0.3, 0.4) is 0 Å². The van der Waals surface area contributed by atoms with Gasteiger partial charge in [-0.05, 0) is 18.2 Å². The number of nitrogens with one attached hydrogen (secondary N) is 1. The number of carbonyl (C=O) groups excluding carboxylic acids is 1. The number of nitrogens with zero attached hydrogens (tertiary/aromatic N) is 1. The molecule has 0 spiro atoms. The number of carbonyl (C=O) groups is 1. The van der Waals surface area contributed by atoms with Crippen LogP contribution < -0.4 is 5.32 Å². The number of thiazole rings is 1. The van der Waals surface area contributed by atoms with E-state index in [1.54, 1.807) is 6.07 Å². The molecule has 2 rings (SSSR count). The summed E-state index contributed by atoms with van der Waals surface area (Å²) in [6.07, 6.45) is 0. The maximum absolute atomic E-state index is 13.0. The van der Waals surface area contributed by atoms with Crippen molar-refractivity contribution in [3.63, 3.8) is 0 Å². The Bertz CT molecular complexity index is 686. The van der Waals surface area contributed by atoms with Crippen molar-refractivity contribution in [2.45, 2.75) is 25.5 Å². The predicted molar refractivity (Wildman–Crippen MR) is 87.9 cm³/mol. The quantitative estimate of drug-likeness (QED) is 0.878. The van der Waals surface area contributed by atoms with Crippen LogP contribution in [0.1, 0.15) is 30.5 Å². The summed E-state index contributed by atoms with van der Waals surface area (Å²) in [4.78, 5) is 16.2. The van der Waals surface area contributed by atoms with Crippen LogP contribution in [-0.2, 0) is 21.3 Å². The molecule has 1 aromatic heterocycles. The van der Waals surface area contributed by atoms with Crippen LogP contribution in [0.5, 0.6) is 0 Å². The van der Waals surface area contributed by atoms with Gasteiger partial charge in [0.1, 0.15) is 11.6 Å². The molecule has 1 heterocycles. The topological polar surface area (TPSA) is 59.1 Å². The number of benzene rings is 1. The SMILES string of the molecule is CC(C)c1nc(C[S@@](=O)CC(=O)Nc2cccc(F)c2)cs1. The van der Waals surface area contributed by atoms with E-state index in [1.165, 1.54) is 29.5 Å². The average molecular weight is 340 g/mol. The number of rotatable bonds is 6. The molecule has 0 fully saturated rings. The van der Waals surface area contributed by atoms with Crippen molar-refractivity contribution in [2.75, 3.05) is 11.1 Å². The highest BCUT2D eigenvalue weighted by Gasteiger charge is 2.12. The van der Waals surface area contributed by atoms with Crippen LogP contribution in [0, 0.1) is 5.82 Å². The summed E-state index contributed by atoms with van der Waals surface area (Å²) in [7, 11) is -1.34. The lowest BCUT2D eigenvalue weighted by atomic mass is 10.2. The van der Waals surface area contributed by atoms with Gasteiger partial charge in [0, 0.05) is 27.8 Å². The second-order valence-electron chi connectivity index (χ2n) is 5.12. The van der Waals surface area contributed by atoms with Gasteiger partial charge in [0.05, 0.1) is 16.5 Å². The molecule has 0 saturated heterocycles. The van der Waals surface area contributed by atoms with Gasteiger partial charge in [0.25, 0.3) is 0 Å². The van der Waals surface area contributed by atoms with E-state index in [0.29, 0.717) is 11.6 Å². The Balaban J connectivity index is 1.87. The number of anilines is 1. The van der Waals surface area contributed by atoms with Crippen LogP contribution in [0.2, 0.25) is 0 Å². The van der Waals surface area contributed by atoms with Crippen LogP contribution >= 0.6 is 11.3 Å². The van der Waals surface area contributed by atoms with Gasteiger partial charge in [-0.25, -0.2) is 9.37 Å². The molecule has 0 unspecified atom stereocenters. The minimum absolute atomic E-state index is 0.134. The van der Waals surface area contributed by atoms with Gasteiger partial charge in [-0.1, -0.05) is 19.9 Å². The number of aromatic nitrogens is 1. The Morgan fingerprint density at radius 2 is 2.23 bits per heavy atom. The highest BCUT2D eigenvalue weighted by molar-refractivity contribution is 7.84. The summed E-state index contributed by atoms with van der Waals surface area (Å²) in [6.45, 7) is 4.10. The van der Waals surface area contributed by atoms with E-state index in [4.69, 9.17) is 0 Å². The third-order valence-corrected chi connectivity index (χ3v) is 5.17. The first-order chi connectivity index (χ1) is 10.4. The summed E-state index contributed by atoms with van der Waals surface area (Å²) in [5.74, 6) is -0.375. The molecule has 7 heteroatoms. The molecule has 0 radical (unpaired) electrons. The molecule has 0 aliphatic heterocycles. The lowest BCUT2D eigenvalue weighted by Gasteiger charge is -2.05. The van der Waals surface area contributed by atoms with E-state index in [-0.39, 0.29) is 11.5 Å². The zero-order chi connectivity index (χ0) is 16.1. The maximum atomic E-state index is 13.0. The Labute approximate surface area is 135 Å². The molecule has 0 saturated carbocycles. The van der Waals surface area contributed by atoms with Crippen molar-refractivity contribution in [2.24, 2.45) is 0 Å². The number of amides is 1. The fraction of sp³-hybridized carbons (Fsp3) is 0.333. The van der Waals surface area contributed by atoms with Gasteiger partial charge in [-0.15, -0.1) is 11.3 Å². The van der Waals surface area contributed by atoms with Crippen LogP contribution in [0.25, 0.3) is 0 Å². The normalized spacial score (nSPS) is 12.4. The van der Waals surface area contributed by atoms with Gasteiger partial charge >= 0.3 is 0 Å². The zero-order valence-corrected chi connectivity index (χ0v) is 14.0. The van der Waals surface area contributed by atoms with Crippen molar-refractivity contribution in [3.05, 3.63) is 46.2 Å². The number of hydrogen-bond acceptors (Lipinski definition) is 4. The fourth-order valence-corrected chi connectivity index (χ4v) is 3.66. The molecule has 22 heavy (non-hydrogen) atoms. The monoisotopic (exact) mass is 340 g/mol. The molecule has 2 aromatic rings. The Morgan fingerprint density at radius 1 is 1.45 bits per heavy atom. The van der Waals surface area contributed by atoms with Gasteiger partial charge in [-0.3, -0.25) is 9.00 Å². The fourth-order valence-electron chi connectivity index (χ4n) is 1.78. The maximum Gasteiger partial charge on any atom is 0.237 e. The van der Waals surface area contributed by atoms with Gasteiger partial charge < -0.3 is 5.32 Å². The first-order valence-corrected chi connectivity index (χ1v) is 9.15. The number of halogens is 1. The summed E-state index contributed by atoms with van der Waals surface area (Å²) in [5.41, 5.74) is 1.10. The third kappa shape index (κ3) is 4.99. The van der Waals surface area contributed by atoms with Crippen LogP contribution in [0.4, 0.5) is 10.1 Å². The molecule has 0 aliphatic carbocycles. The molecule has 1 atom stereocenters. The molecule has 1 aromatic carbocycles. The van der Waals surface area contributed by atoms with Crippen LogP contribution in [0.15, 0.2) is 29.6 Å². The van der Waals surface area contributed by atoms with E-state index in [2.05, 4.69) is 10.3 Å². The van der Waals surface area contributed by atoms with Gasteiger partial charge in [-0.2, -0.15) is 0 Å².